The maximum Gasteiger partial charge on any atom is 0.344 e. The summed E-state index contributed by atoms with van der Waals surface area (Å²) in [6, 6.07) is 11.0. The van der Waals surface area contributed by atoms with E-state index in [9.17, 15) is 14.4 Å². The van der Waals surface area contributed by atoms with Crippen molar-refractivity contribution in [2.45, 2.75) is 32.2 Å². The second-order valence-electron chi connectivity index (χ2n) is 6.26. The normalized spacial score (nSPS) is 19.8. The molecule has 2 aromatic rings. The number of benzene rings is 1. The first-order valence-electron chi connectivity index (χ1n) is 7.96. The summed E-state index contributed by atoms with van der Waals surface area (Å²) >= 11 is 1.27. The van der Waals surface area contributed by atoms with Crippen LogP contribution in [0.15, 0.2) is 41.8 Å². The highest BCUT2D eigenvalue weighted by Crippen LogP contribution is 2.23. The molecular formula is C18H19N3O3S. The Kier molecular flexibility index (Phi) is 4.59. The Bertz CT molecular complexity index is 818. The molecule has 3 rings (SSSR count). The maximum atomic E-state index is 12.7. The molecule has 1 atom stereocenters. The summed E-state index contributed by atoms with van der Waals surface area (Å²) < 4.78 is 0. The molecule has 2 N–H and O–H groups in total. The number of carbonyl (C=O) groups is 3. The number of thiophene rings is 1. The minimum Gasteiger partial charge on any atom is -0.322 e. The largest absolute Gasteiger partial charge is 0.344 e. The zero-order valence-corrected chi connectivity index (χ0v) is 14.9. The maximum absolute atomic E-state index is 12.7. The molecule has 0 unspecified atom stereocenters. The van der Waals surface area contributed by atoms with Crippen molar-refractivity contribution in [1.29, 1.82) is 0 Å². The van der Waals surface area contributed by atoms with Crippen LogP contribution >= 0.6 is 11.3 Å². The van der Waals surface area contributed by atoms with Crippen LogP contribution in [0, 0.1) is 6.92 Å². The molecule has 1 aromatic heterocycles. The Balaban J connectivity index is 1.69. The summed E-state index contributed by atoms with van der Waals surface area (Å²) in [5.41, 5.74) is 3.27. The van der Waals surface area contributed by atoms with Crippen molar-refractivity contribution < 1.29 is 14.4 Å². The van der Waals surface area contributed by atoms with E-state index in [2.05, 4.69) is 10.7 Å². The van der Waals surface area contributed by atoms with Gasteiger partial charge in [-0.15, -0.1) is 11.3 Å². The number of urea groups is 1. The van der Waals surface area contributed by atoms with E-state index in [0.717, 1.165) is 16.1 Å². The zero-order chi connectivity index (χ0) is 18.0. The smallest absolute Gasteiger partial charge is 0.322 e. The van der Waals surface area contributed by atoms with E-state index in [0.29, 0.717) is 17.7 Å². The van der Waals surface area contributed by atoms with E-state index < -0.39 is 23.4 Å². The summed E-state index contributed by atoms with van der Waals surface area (Å²) in [6.45, 7) is 3.49. The van der Waals surface area contributed by atoms with Crippen LogP contribution in [0.5, 0.6) is 0 Å². The minimum atomic E-state index is -1.04. The van der Waals surface area contributed by atoms with Gasteiger partial charge in [0, 0.05) is 0 Å². The quantitative estimate of drug-likeness (QED) is 0.808. The molecule has 7 heteroatoms. The van der Waals surface area contributed by atoms with Gasteiger partial charge < -0.3 is 5.32 Å². The molecule has 0 saturated carbocycles. The lowest BCUT2D eigenvalue weighted by Gasteiger charge is -2.21. The highest BCUT2D eigenvalue weighted by molar-refractivity contribution is 7.12. The van der Waals surface area contributed by atoms with Crippen LogP contribution in [0.1, 0.15) is 34.1 Å². The number of hydrogen-bond donors (Lipinski definition) is 2. The number of hydrogen-bond acceptors (Lipinski definition) is 4. The van der Waals surface area contributed by atoms with Crippen LogP contribution in [-0.2, 0) is 11.2 Å². The highest BCUT2D eigenvalue weighted by Gasteiger charge is 2.48. The van der Waals surface area contributed by atoms with E-state index in [1.54, 1.807) is 19.2 Å². The molecule has 0 spiro atoms. The summed E-state index contributed by atoms with van der Waals surface area (Å²) in [5, 5.41) is 5.27. The van der Waals surface area contributed by atoms with Gasteiger partial charge in [0.05, 0.1) is 4.88 Å². The van der Waals surface area contributed by atoms with Gasteiger partial charge in [-0.2, -0.15) is 5.01 Å². The summed E-state index contributed by atoms with van der Waals surface area (Å²) in [7, 11) is 0. The van der Waals surface area contributed by atoms with Crippen molar-refractivity contribution in [3.63, 3.8) is 0 Å². The van der Waals surface area contributed by atoms with Crippen molar-refractivity contribution in [3.05, 3.63) is 57.8 Å². The van der Waals surface area contributed by atoms with Crippen LogP contribution in [0.2, 0.25) is 0 Å². The molecule has 1 fully saturated rings. The van der Waals surface area contributed by atoms with Crippen LogP contribution in [-0.4, -0.2) is 28.4 Å². The number of rotatable bonds is 5. The average molecular weight is 357 g/mol. The molecule has 4 amide bonds. The average Bonchev–Trinajstić information content (AvgIpc) is 3.11. The Morgan fingerprint density at radius 1 is 1.24 bits per heavy atom. The van der Waals surface area contributed by atoms with Gasteiger partial charge >= 0.3 is 6.03 Å². The molecule has 2 heterocycles. The van der Waals surface area contributed by atoms with E-state index in [4.69, 9.17) is 0 Å². The number of carbonyl (C=O) groups excluding carboxylic acids is 3. The number of imide groups is 1. The Morgan fingerprint density at radius 2 is 1.96 bits per heavy atom. The zero-order valence-electron chi connectivity index (χ0n) is 14.0. The first-order chi connectivity index (χ1) is 11.9. The lowest BCUT2D eigenvalue weighted by atomic mass is 9.93. The van der Waals surface area contributed by atoms with Gasteiger partial charge in [-0.3, -0.25) is 15.0 Å². The summed E-state index contributed by atoms with van der Waals surface area (Å²) in [6.07, 6.45) is 1.10. The Hall–Kier alpha value is -2.67. The van der Waals surface area contributed by atoms with E-state index in [-0.39, 0.29) is 0 Å². The highest BCUT2D eigenvalue weighted by atomic mass is 32.1. The summed E-state index contributed by atoms with van der Waals surface area (Å²) in [4.78, 5) is 37.6. The molecule has 25 heavy (non-hydrogen) atoms. The topological polar surface area (TPSA) is 78.5 Å². The molecule has 130 valence electrons. The van der Waals surface area contributed by atoms with E-state index in [1.807, 2.05) is 36.4 Å². The second-order valence-corrected chi connectivity index (χ2v) is 7.18. The first kappa shape index (κ1) is 17.2. The van der Waals surface area contributed by atoms with Crippen LogP contribution < -0.4 is 10.7 Å². The third-order valence-corrected chi connectivity index (χ3v) is 5.31. The number of amides is 4. The fourth-order valence-electron chi connectivity index (χ4n) is 2.75. The van der Waals surface area contributed by atoms with Gasteiger partial charge in [-0.25, -0.2) is 4.79 Å². The Morgan fingerprint density at radius 3 is 2.60 bits per heavy atom. The van der Waals surface area contributed by atoms with Gasteiger partial charge in [0.15, 0.2) is 0 Å². The molecule has 1 aliphatic rings. The van der Waals surface area contributed by atoms with Gasteiger partial charge in [0.1, 0.15) is 5.54 Å². The van der Waals surface area contributed by atoms with Crippen LogP contribution in [0.25, 0.3) is 0 Å². The molecule has 1 aromatic carbocycles. The van der Waals surface area contributed by atoms with Gasteiger partial charge in [-0.05, 0) is 49.3 Å². The second kappa shape index (κ2) is 6.68. The van der Waals surface area contributed by atoms with Crippen molar-refractivity contribution in [1.82, 2.24) is 15.8 Å². The lowest BCUT2D eigenvalue weighted by molar-refractivity contribution is -0.132. The van der Waals surface area contributed by atoms with Crippen molar-refractivity contribution in [3.8, 4) is 0 Å². The molecule has 0 aliphatic carbocycles. The van der Waals surface area contributed by atoms with Crippen LogP contribution in [0.3, 0.4) is 0 Å². The predicted molar refractivity (Wildman–Crippen MR) is 95.1 cm³/mol. The monoisotopic (exact) mass is 357 g/mol. The number of aryl methyl sites for hydroxylation is 2. The van der Waals surface area contributed by atoms with Gasteiger partial charge in [-0.1, -0.05) is 30.3 Å². The molecule has 6 nitrogen and oxygen atoms in total. The molecule has 1 saturated heterocycles. The van der Waals surface area contributed by atoms with Crippen molar-refractivity contribution in [2.75, 3.05) is 0 Å². The third kappa shape index (κ3) is 3.41. The van der Waals surface area contributed by atoms with Gasteiger partial charge in [0.25, 0.3) is 11.8 Å². The fraction of sp³-hybridized carbons (Fsp3) is 0.278. The fourth-order valence-corrected chi connectivity index (χ4v) is 3.57. The van der Waals surface area contributed by atoms with Crippen molar-refractivity contribution in [2.24, 2.45) is 0 Å². The van der Waals surface area contributed by atoms with E-state index in [1.165, 1.54) is 11.3 Å². The van der Waals surface area contributed by atoms with Gasteiger partial charge in [0.2, 0.25) is 0 Å². The lowest BCUT2D eigenvalue weighted by Crippen LogP contribution is -2.48. The number of nitrogens with one attached hydrogen (secondary N) is 2. The number of nitrogens with zero attached hydrogens (tertiary/aromatic N) is 1. The van der Waals surface area contributed by atoms with Crippen LogP contribution in [0.4, 0.5) is 4.79 Å². The molecule has 1 aliphatic heterocycles. The minimum absolute atomic E-state index is 0.448. The van der Waals surface area contributed by atoms with Crippen molar-refractivity contribution >= 4 is 29.2 Å². The van der Waals surface area contributed by atoms with E-state index >= 15 is 0 Å². The SMILES string of the molecule is Cc1ccsc1C(=O)NN1C(=O)N[C@@](C)(CCc2ccccc2)C1=O. The predicted octanol–water partition coefficient (Wildman–Crippen LogP) is 2.64. The molecular weight excluding hydrogens is 338 g/mol. The standard InChI is InChI=1S/C18H19N3O3S/c1-12-9-11-25-14(12)15(22)20-21-16(23)18(2,19-17(21)24)10-8-13-6-4-3-5-7-13/h3-7,9,11H,8,10H2,1-2H3,(H,19,24)(H,20,22)/t18-/m0/s1. The molecule has 0 bridgehead atoms. The third-order valence-electron chi connectivity index (χ3n) is 4.30. The Labute approximate surface area is 149 Å². The first-order valence-corrected chi connectivity index (χ1v) is 8.84. The summed E-state index contributed by atoms with van der Waals surface area (Å²) in [5.74, 6) is -0.903. The molecule has 0 radical (unpaired) electrons. The number of hydrazine groups is 1.